The van der Waals surface area contributed by atoms with E-state index in [0.29, 0.717) is 5.92 Å². The monoisotopic (exact) mass is 261 g/mol. The van der Waals surface area contributed by atoms with Crippen LogP contribution >= 0.6 is 0 Å². The molecule has 0 fully saturated rings. The zero-order valence-corrected chi connectivity index (χ0v) is 13.3. The molecule has 0 atom stereocenters. The SMILES string of the molecule is CC(C)NC(=O)c1cc(C(C)C)cc(C(C)(C)C)c1. The van der Waals surface area contributed by atoms with Gasteiger partial charge in [0.2, 0.25) is 0 Å². The van der Waals surface area contributed by atoms with Crippen LogP contribution in [0.2, 0.25) is 0 Å². The number of hydrogen-bond acceptors (Lipinski definition) is 1. The van der Waals surface area contributed by atoms with Gasteiger partial charge in [-0.3, -0.25) is 4.79 Å². The fraction of sp³-hybridized carbons (Fsp3) is 0.588. The molecular formula is C17H27NO. The van der Waals surface area contributed by atoms with Crippen molar-refractivity contribution in [3.8, 4) is 0 Å². The molecule has 1 N–H and O–H groups in total. The molecule has 0 spiro atoms. The van der Waals surface area contributed by atoms with Crippen LogP contribution in [0.15, 0.2) is 18.2 Å². The van der Waals surface area contributed by atoms with E-state index < -0.39 is 0 Å². The molecule has 1 aromatic carbocycles. The van der Waals surface area contributed by atoms with Crippen molar-refractivity contribution >= 4 is 5.91 Å². The van der Waals surface area contributed by atoms with Gasteiger partial charge < -0.3 is 5.32 Å². The Hall–Kier alpha value is -1.31. The molecule has 0 saturated carbocycles. The number of rotatable bonds is 3. The Morgan fingerprint density at radius 2 is 1.63 bits per heavy atom. The van der Waals surface area contributed by atoms with E-state index in [1.54, 1.807) is 0 Å². The molecule has 2 heteroatoms. The molecule has 0 bridgehead atoms. The summed E-state index contributed by atoms with van der Waals surface area (Å²) in [6.07, 6.45) is 0. The van der Waals surface area contributed by atoms with Crippen LogP contribution in [0.3, 0.4) is 0 Å². The van der Waals surface area contributed by atoms with Gasteiger partial charge in [-0.15, -0.1) is 0 Å². The molecule has 2 nitrogen and oxygen atoms in total. The summed E-state index contributed by atoms with van der Waals surface area (Å²) in [7, 11) is 0. The standard InChI is InChI=1S/C17H27NO/c1-11(2)13-8-14(16(19)18-12(3)4)10-15(9-13)17(5,6)7/h8-12H,1-7H3,(H,18,19). The van der Waals surface area contributed by atoms with Crippen LogP contribution in [-0.2, 0) is 5.41 Å². The Labute approximate surface area is 117 Å². The molecule has 0 aliphatic carbocycles. The molecule has 0 aromatic heterocycles. The molecule has 0 radical (unpaired) electrons. The normalized spacial score (nSPS) is 12.1. The van der Waals surface area contributed by atoms with Crippen molar-refractivity contribution in [2.24, 2.45) is 0 Å². The van der Waals surface area contributed by atoms with E-state index in [1.807, 2.05) is 26.0 Å². The largest absolute Gasteiger partial charge is 0.350 e. The summed E-state index contributed by atoms with van der Waals surface area (Å²) in [4.78, 5) is 12.2. The predicted octanol–water partition coefficient (Wildman–Crippen LogP) is 4.25. The number of carbonyl (C=O) groups excluding carboxylic acids is 1. The quantitative estimate of drug-likeness (QED) is 0.866. The fourth-order valence-corrected chi connectivity index (χ4v) is 1.89. The molecule has 0 heterocycles. The van der Waals surface area contributed by atoms with Gasteiger partial charge in [0.25, 0.3) is 5.91 Å². The summed E-state index contributed by atoms with van der Waals surface area (Å²) in [6.45, 7) is 14.8. The average Bonchev–Trinajstić information content (AvgIpc) is 2.26. The maximum absolute atomic E-state index is 12.2. The second-order valence-corrected chi connectivity index (χ2v) is 6.88. The predicted molar refractivity (Wildman–Crippen MR) is 81.8 cm³/mol. The van der Waals surface area contributed by atoms with Crippen molar-refractivity contribution in [2.75, 3.05) is 0 Å². The first-order valence-corrected chi connectivity index (χ1v) is 7.07. The van der Waals surface area contributed by atoms with E-state index in [2.05, 4.69) is 46.0 Å². The van der Waals surface area contributed by atoms with Gasteiger partial charge in [0.1, 0.15) is 0 Å². The maximum atomic E-state index is 12.2. The highest BCUT2D eigenvalue weighted by molar-refractivity contribution is 5.94. The second kappa shape index (κ2) is 5.77. The van der Waals surface area contributed by atoms with Crippen LogP contribution in [0.25, 0.3) is 0 Å². The van der Waals surface area contributed by atoms with Crippen molar-refractivity contribution < 1.29 is 4.79 Å². The first kappa shape index (κ1) is 15.7. The van der Waals surface area contributed by atoms with E-state index in [-0.39, 0.29) is 17.4 Å². The minimum Gasteiger partial charge on any atom is -0.350 e. The smallest absolute Gasteiger partial charge is 0.251 e. The zero-order chi connectivity index (χ0) is 14.8. The van der Waals surface area contributed by atoms with Gasteiger partial charge in [-0.2, -0.15) is 0 Å². The average molecular weight is 261 g/mol. The minimum atomic E-state index is 0.0167. The van der Waals surface area contributed by atoms with Gasteiger partial charge in [-0.05, 0) is 48.4 Å². The number of carbonyl (C=O) groups is 1. The summed E-state index contributed by atoms with van der Waals surface area (Å²) < 4.78 is 0. The lowest BCUT2D eigenvalue weighted by Crippen LogP contribution is -2.30. The van der Waals surface area contributed by atoms with Crippen LogP contribution in [0.4, 0.5) is 0 Å². The summed E-state index contributed by atoms with van der Waals surface area (Å²) in [5, 5.41) is 2.96. The summed E-state index contributed by atoms with van der Waals surface area (Å²) in [5.74, 6) is 0.441. The van der Waals surface area contributed by atoms with E-state index >= 15 is 0 Å². The van der Waals surface area contributed by atoms with Gasteiger partial charge in [0.05, 0.1) is 0 Å². The molecular weight excluding hydrogens is 234 g/mol. The van der Waals surface area contributed by atoms with E-state index in [0.717, 1.165) is 5.56 Å². The fourth-order valence-electron chi connectivity index (χ4n) is 1.89. The Morgan fingerprint density at radius 3 is 2.05 bits per heavy atom. The summed E-state index contributed by atoms with van der Waals surface area (Å²) >= 11 is 0. The highest BCUT2D eigenvalue weighted by Gasteiger charge is 2.18. The first-order chi connectivity index (χ1) is 8.61. The van der Waals surface area contributed by atoms with Crippen molar-refractivity contribution in [1.82, 2.24) is 5.32 Å². The molecule has 1 aromatic rings. The second-order valence-electron chi connectivity index (χ2n) is 6.88. The van der Waals surface area contributed by atoms with Crippen molar-refractivity contribution in [3.63, 3.8) is 0 Å². The van der Waals surface area contributed by atoms with Crippen LogP contribution in [-0.4, -0.2) is 11.9 Å². The summed E-state index contributed by atoms with van der Waals surface area (Å²) in [6, 6.07) is 6.41. The van der Waals surface area contributed by atoms with Gasteiger partial charge >= 0.3 is 0 Å². The molecule has 1 rings (SSSR count). The topological polar surface area (TPSA) is 29.1 Å². The third kappa shape index (κ3) is 4.38. The number of amides is 1. The van der Waals surface area contributed by atoms with Gasteiger partial charge in [-0.25, -0.2) is 0 Å². The Morgan fingerprint density at radius 1 is 1.05 bits per heavy atom. The molecule has 0 aliphatic rings. The Kier molecular flexibility index (Phi) is 4.78. The molecule has 106 valence electrons. The summed E-state index contributed by atoms with van der Waals surface area (Å²) in [5.41, 5.74) is 3.26. The van der Waals surface area contributed by atoms with E-state index in [1.165, 1.54) is 11.1 Å². The third-order valence-electron chi connectivity index (χ3n) is 3.17. The van der Waals surface area contributed by atoms with Crippen LogP contribution in [0.1, 0.15) is 75.9 Å². The lowest BCUT2D eigenvalue weighted by atomic mass is 9.83. The molecule has 1 amide bonds. The zero-order valence-electron chi connectivity index (χ0n) is 13.3. The van der Waals surface area contributed by atoms with Gasteiger partial charge in [0, 0.05) is 11.6 Å². The Bertz CT molecular complexity index is 453. The van der Waals surface area contributed by atoms with Crippen LogP contribution < -0.4 is 5.32 Å². The maximum Gasteiger partial charge on any atom is 0.251 e. The van der Waals surface area contributed by atoms with Crippen molar-refractivity contribution in [3.05, 3.63) is 34.9 Å². The minimum absolute atomic E-state index is 0.0167. The number of nitrogens with one attached hydrogen (secondary N) is 1. The Balaban J connectivity index is 3.25. The highest BCUT2D eigenvalue weighted by Crippen LogP contribution is 2.27. The molecule has 0 unspecified atom stereocenters. The lowest BCUT2D eigenvalue weighted by molar-refractivity contribution is 0.0943. The van der Waals surface area contributed by atoms with Crippen molar-refractivity contribution in [1.29, 1.82) is 0 Å². The van der Waals surface area contributed by atoms with Crippen LogP contribution in [0, 0.1) is 0 Å². The van der Waals surface area contributed by atoms with Gasteiger partial charge in [-0.1, -0.05) is 40.7 Å². The molecule has 0 saturated heterocycles. The lowest BCUT2D eigenvalue weighted by Gasteiger charge is -2.22. The van der Waals surface area contributed by atoms with E-state index in [9.17, 15) is 4.79 Å². The van der Waals surface area contributed by atoms with E-state index in [4.69, 9.17) is 0 Å². The first-order valence-electron chi connectivity index (χ1n) is 7.07. The third-order valence-corrected chi connectivity index (χ3v) is 3.17. The van der Waals surface area contributed by atoms with Crippen LogP contribution in [0.5, 0.6) is 0 Å². The van der Waals surface area contributed by atoms with Crippen molar-refractivity contribution in [2.45, 2.75) is 65.8 Å². The number of benzene rings is 1. The molecule has 0 aliphatic heterocycles. The van der Waals surface area contributed by atoms with Gasteiger partial charge in [0.15, 0.2) is 0 Å². The molecule has 19 heavy (non-hydrogen) atoms. The number of hydrogen-bond donors (Lipinski definition) is 1. The highest BCUT2D eigenvalue weighted by atomic mass is 16.1.